The number of hydrogen-bond donors (Lipinski definition) is 0. The summed E-state index contributed by atoms with van der Waals surface area (Å²) in [5, 5.41) is 0.746. The number of amides is 1. The second-order valence-corrected chi connectivity index (χ2v) is 9.06. The molecule has 2 heterocycles. The van der Waals surface area contributed by atoms with Gasteiger partial charge < -0.3 is 9.47 Å². The van der Waals surface area contributed by atoms with Crippen LogP contribution in [0.2, 0.25) is 0 Å². The monoisotopic (exact) mass is 489 g/mol. The number of carbonyl (C=O) groups is 1. The van der Waals surface area contributed by atoms with E-state index in [2.05, 4.69) is 30.9 Å². The largest absolute Gasteiger partial charge is 0.494 e. The Bertz CT molecular complexity index is 1040. The SMILES string of the molecule is CCCCOc1ccc(C(=O)N(CCN2CCOCC2)c2nc3c(C)cccc3s2)cc1.Cl. The Balaban J connectivity index is 0.00000306. The van der Waals surface area contributed by atoms with Crippen molar-refractivity contribution in [2.75, 3.05) is 50.9 Å². The van der Waals surface area contributed by atoms with Gasteiger partial charge in [0, 0.05) is 31.7 Å². The zero-order valence-electron chi connectivity index (χ0n) is 19.3. The zero-order valence-corrected chi connectivity index (χ0v) is 20.9. The van der Waals surface area contributed by atoms with E-state index in [4.69, 9.17) is 14.5 Å². The van der Waals surface area contributed by atoms with E-state index in [1.165, 1.54) is 0 Å². The minimum Gasteiger partial charge on any atom is -0.494 e. The van der Waals surface area contributed by atoms with Crippen LogP contribution in [0.15, 0.2) is 42.5 Å². The number of ether oxygens (including phenoxy) is 2. The smallest absolute Gasteiger partial charge is 0.260 e. The van der Waals surface area contributed by atoms with Crippen LogP contribution >= 0.6 is 23.7 Å². The molecule has 33 heavy (non-hydrogen) atoms. The topological polar surface area (TPSA) is 54.9 Å². The molecule has 0 aliphatic carbocycles. The first-order valence-electron chi connectivity index (χ1n) is 11.4. The molecule has 0 radical (unpaired) electrons. The lowest BCUT2D eigenvalue weighted by Crippen LogP contribution is -2.43. The van der Waals surface area contributed by atoms with Crippen molar-refractivity contribution in [3.05, 3.63) is 53.6 Å². The number of para-hydroxylation sites is 1. The number of rotatable bonds is 9. The van der Waals surface area contributed by atoms with Gasteiger partial charge in [-0.2, -0.15) is 0 Å². The molecule has 178 valence electrons. The van der Waals surface area contributed by atoms with Crippen molar-refractivity contribution in [2.45, 2.75) is 26.7 Å². The Kier molecular flexibility index (Phi) is 9.50. The minimum absolute atomic E-state index is 0. The molecule has 0 unspecified atom stereocenters. The van der Waals surface area contributed by atoms with Gasteiger partial charge in [0.25, 0.3) is 5.91 Å². The lowest BCUT2D eigenvalue weighted by molar-refractivity contribution is 0.0391. The van der Waals surface area contributed by atoms with E-state index in [0.717, 1.165) is 72.4 Å². The Morgan fingerprint density at radius 3 is 2.64 bits per heavy atom. The number of hydrogen-bond acceptors (Lipinski definition) is 6. The van der Waals surface area contributed by atoms with Crippen LogP contribution in [0.5, 0.6) is 5.75 Å². The van der Waals surface area contributed by atoms with Crippen molar-refractivity contribution in [3.8, 4) is 5.75 Å². The average Bonchev–Trinajstić information content (AvgIpc) is 3.26. The van der Waals surface area contributed by atoms with Crippen molar-refractivity contribution >= 4 is 45.0 Å². The molecule has 0 N–H and O–H groups in total. The summed E-state index contributed by atoms with van der Waals surface area (Å²) in [5.74, 6) is 0.764. The van der Waals surface area contributed by atoms with Crippen LogP contribution in [0, 0.1) is 6.92 Å². The average molecular weight is 490 g/mol. The molecular weight excluding hydrogens is 458 g/mol. The van der Waals surface area contributed by atoms with Gasteiger partial charge in [-0.3, -0.25) is 14.6 Å². The third kappa shape index (κ3) is 6.44. The lowest BCUT2D eigenvalue weighted by atomic mass is 10.2. The summed E-state index contributed by atoms with van der Waals surface area (Å²) in [6, 6.07) is 13.6. The highest BCUT2D eigenvalue weighted by Crippen LogP contribution is 2.31. The van der Waals surface area contributed by atoms with Crippen molar-refractivity contribution in [1.82, 2.24) is 9.88 Å². The quantitative estimate of drug-likeness (QED) is 0.387. The number of thiazole rings is 1. The van der Waals surface area contributed by atoms with Gasteiger partial charge in [-0.25, -0.2) is 4.98 Å². The van der Waals surface area contributed by atoms with E-state index < -0.39 is 0 Å². The van der Waals surface area contributed by atoms with Gasteiger partial charge in [0.2, 0.25) is 0 Å². The fourth-order valence-electron chi connectivity index (χ4n) is 3.72. The number of halogens is 1. The molecule has 1 fully saturated rings. The maximum Gasteiger partial charge on any atom is 0.260 e. The standard InChI is InChI=1S/C25H31N3O3S.ClH/c1-3-4-16-31-21-10-8-20(9-11-21)24(29)28(13-12-27-14-17-30-18-15-27)25-26-23-19(2)6-5-7-22(23)32-25;/h5-11H,3-4,12-18H2,1-2H3;1H. The molecule has 0 bridgehead atoms. The maximum atomic E-state index is 13.6. The number of nitrogens with zero attached hydrogens (tertiary/aromatic N) is 3. The number of anilines is 1. The number of aryl methyl sites for hydroxylation is 1. The highest BCUT2D eigenvalue weighted by molar-refractivity contribution is 7.22. The van der Waals surface area contributed by atoms with E-state index in [0.29, 0.717) is 18.7 Å². The van der Waals surface area contributed by atoms with Crippen LogP contribution in [0.1, 0.15) is 35.7 Å². The summed E-state index contributed by atoms with van der Waals surface area (Å²) >= 11 is 1.57. The molecule has 2 aromatic carbocycles. The Morgan fingerprint density at radius 2 is 1.94 bits per heavy atom. The van der Waals surface area contributed by atoms with E-state index in [1.807, 2.05) is 35.2 Å². The van der Waals surface area contributed by atoms with Crippen LogP contribution in [0.25, 0.3) is 10.2 Å². The molecule has 1 aromatic heterocycles. The molecule has 4 rings (SSSR count). The van der Waals surface area contributed by atoms with E-state index >= 15 is 0 Å². The normalized spacial score (nSPS) is 14.1. The number of morpholine rings is 1. The van der Waals surface area contributed by atoms with Crippen molar-refractivity contribution in [2.24, 2.45) is 0 Å². The third-order valence-corrected chi connectivity index (χ3v) is 6.74. The number of carbonyl (C=O) groups excluding carboxylic acids is 1. The number of aromatic nitrogens is 1. The minimum atomic E-state index is -0.0323. The fraction of sp³-hybridized carbons (Fsp3) is 0.440. The second-order valence-electron chi connectivity index (χ2n) is 8.06. The summed E-state index contributed by atoms with van der Waals surface area (Å²) in [6.07, 6.45) is 2.11. The van der Waals surface area contributed by atoms with E-state index in [9.17, 15) is 4.79 Å². The molecule has 0 saturated carbocycles. The van der Waals surface area contributed by atoms with Crippen LogP contribution < -0.4 is 9.64 Å². The van der Waals surface area contributed by atoms with Gasteiger partial charge in [0.1, 0.15) is 5.75 Å². The van der Waals surface area contributed by atoms with Crippen LogP contribution in [-0.4, -0.2) is 61.8 Å². The van der Waals surface area contributed by atoms with Crippen molar-refractivity contribution in [1.29, 1.82) is 0 Å². The molecule has 1 saturated heterocycles. The second kappa shape index (κ2) is 12.3. The summed E-state index contributed by atoms with van der Waals surface area (Å²) in [7, 11) is 0. The fourth-order valence-corrected chi connectivity index (χ4v) is 4.79. The summed E-state index contributed by atoms with van der Waals surface area (Å²) in [4.78, 5) is 22.6. The predicted octanol–water partition coefficient (Wildman–Crippen LogP) is 5.18. The molecule has 1 aliphatic heterocycles. The number of fused-ring (bicyclic) bond motifs is 1. The number of unbranched alkanes of at least 4 members (excludes halogenated alkanes) is 1. The molecule has 6 nitrogen and oxygen atoms in total. The van der Waals surface area contributed by atoms with Crippen LogP contribution in [0.4, 0.5) is 5.13 Å². The zero-order chi connectivity index (χ0) is 22.3. The summed E-state index contributed by atoms with van der Waals surface area (Å²) in [5.41, 5.74) is 2.74. The van der Waals surface area contributed by atoms with Gasteiger partial charge in [0.15, 0.2) is 5.13 Å². The lowest BCUT2D eigenvalue weighted by Gasteiger charge is -2.29. The first-order chi connectivity index (χ1) is 15.7. The van der Waals surface area contributed by atoms with Crippen molar-refractivity contribution < 1.29 is 14.3 Å². The maximum absolute atomic E-state index is 13.6. The highest BCUT2D eigenvalue weighted by atomic mass is 35.5. The van der Waals surface area contributed by atoms with E-state index in [1.54, 1.807) is 11.3 Å². The van der Waals surface area contributed by atoms with Crippen LogP contribution in [0.3, 0.4) is 0 Å². The Labute approximate surface area is 205 Å². The Morgan fingerprint density at radius 1 is 1.18 bits per heavy atom. The van der Waals surface area contributed by atoms with Crippen LogP contribution in [-0.2, 0) is 4.74 Å². The van der Waals surface area contributed by atoms with Gasteiger partial charge in [-0.15, -0.1) is 12.4 Å². The first kappa shape index (κ1) is 25.4. The van der Waals surface area contributed by atoms with Crippen molar-refractivity contribution in [3.63, 3.8) is 0 Å². The molecule has 1 aliphatic rings. The molecule has 8 heteroatoms. The third-order valence-electron chi connectivity index (χ3n) is 5.70. The predicted molar refractivity (Wildman–Crippen MR) is 137 cm³/mol. The molecule has 0 spiro atoms. The van der Waals surface area contributed by atoms with Gasteiger partial charge >= 0.3 is 0 Å². The Hall–Kier alpha value is -2.19. The summed E-state index contributed by atoms with van der Waals surface area (Å²) in [6.45, 7) is 9.55. The molecular formula is C25H32ClN3O3S. The van der Waals surface area contributed by atoms with Gasteiger partial charge in [-0.05, 0) is 49.2 Å². The van der Waals surface area contributed by atoms with Gasteiger partial charge in [-0.1, -0.05) is 36.8 Å². The van der Waals surface area contributed by atoms with Gasteiger partial charge in [0.05, 0.1) is 30.0 Å². The summed E-state index contributed by atoms with van der Waals surface area (Å²) < 4.78 is 12.3. The molecule has 3 aromatic rings. The van der Waals surface area contributed by atoms with E-state index in [-0.39, 0.29) is 18.3 Å². The number of benzene rings is 2. The molecule has 0 atom stereocenters. The first-order valence-corrected chi connectivity index (χ1v) is 12.2. The highest BCUT2D eigenvalue weighted by Gasteiger charge is 2.23. The molecule has 1 amide bonds.